The van der Waals surface area contributed by atoms with Crippen LogP contribution in [-0.4, -0.2) is 25.2 Å². The number of nitrogens with two attached hydrogens (primary N) is 1. The summed E-state index contributed by atoms with van der Waals surface area (Å²) in [5.41, 5.74) is 6.48. The molecular weight excluding hydrogens is 216 g/mol. The Hall–Kier alpha value is -1.55. The monoisotopic (exact) mass is 234 g/mol. The second kappa shape index (κ2) is 4.37. The number of hydrogen-bond donors (Lipinski definition) is 1. The van der Waals surface area contributed by atoms with Gasteiger partial charge in [0.2, 0.25) is 0 Å². The van der Waals surface area contributed by atoms with Gasteiger partial charge < -0.3 is 15.4 Å². The van der Waals surface area contributed by atoms with Gasteiger partial charge in [0.1, 0.15) is 5.60 Å². The molecule has 0 aromatic heterocycles. The number of benzene rings is 1. The van der Waals surface area contributed by atoms with Gasteiger partial charge in [-0.2, -0.15) is 0 Å². The minimum Gasteiger partial charge on any atom is -0.399 e. The molecule has 1 aromatic rings. The Kier molecular flexibility index (Phi) is 3.07. The first-order valence-corrected chi connectivity index (χ1v) is 5.80. The molecule has 0 radical (unpaired) electrons. The lowest BCUT2D eigenvalue weighted by Gasteiger charge is -2.28. The van der Waals surface area contributed by atoms with E-state index < -0.39 is 5.60 Å². The van der Waals surface area contributed by atoms with E-state index in [0.29, 0.717) is 12.3 Å². The highest BCUT2D eigenvalue weighted by molar-refractivity contribution is 5.99. The molecule has 1 aliphatic rings. The fourth-order valence-corrected chi connectivity index (χ4v) is 2.15. The molecule has 2 N–H and O–H groups in total. The summed E-state index contributed by atoms with van der Waals surface area (Å²) in [6.45, 7) is 2.51. The number of anilines is 2. The molecule has 0 aliphatic carbocycles. The highest BCUT2D eigenvalue weighted by Gasteiger charge is 2.39. The molecule has 1 atom stereocenters. The van der Waals surface area contributed by atoms with E-state index in [1.54, 1.807) is 24.1 Å². The molecular formula is C13H18N2O2. The van der Waals surface area contributed by atoms with Crippen LogP contribution in [0.5, 0.6) is 0 Å². The molecule has 0 spiro atoms. The van der Waals surface area contributed by atoms with Crippen molar-refractivity contribution in [2.75, 3.05) is 24.3 Å². The molecule has 2 rings (SSSR count). The molecule has 1 aliphatic heterocycles. The highest BCUT2D eigenvalue weighted by Crippen LogP contribution is 2.29. The van der Waals surface area contributed by atoms with Crippen LogP contribution in [-0.2, 0) is 9.53 Å². The number of likely N-dealkylation sites (N-methyl/N-ethyl adjacent to an activating group) is 1. The van der Waals surface area contributed by atoms with Crippen molar-refractivity contribution in [3.8, 4) is 0 Å². The van der Waals surface area contributed by atoms with E-state index in [9.17, 15) is 4.79 Å². The highest BCUT2D eigenvalue weighted by atomic mass is 16.5. The minimum atomic E-state index is -0.681. The Morgan fingerprint density at radius 3 is 2.88 bits per heavy atom. The van der Waals surface area contributed by atoms with Gasteiger partial charge in [0.25, 0.3) is 5.91 Å². The molecule has 4 nitrogen and oxygen atoms in total. The van der Waals surface area contributed by atoms with Gasteiger partial charge >= 0.3 is 0 Å². The lowest BCUT2D eigenvalue weighted by molar-refractivity contribution is -0.136. The summed E-state index contributed by atoms with van der Waals surface area (Å²) in [6.07, 6.45) is 1.71. The van der Waals surface area contributed by atoms with E-state index in [0.717, 1.165) is 18.5 Å². The summed E-state index contributed by atoms with van der Waals surface area (Å²) >= 11 is 0. The predicted molar refractivity (Wildman–Crippen MR) is 67.9 cm³/mol. The van der Waals surface area contributed by atoms with E-state index >= 15 is 0 Å². The van der Waals surface area contributed by atoms with Crippen molar-refractivity contribution in [2.24, 2.45) is 0 Å². The van der Waals surface area contributed by atoms with Crippen LogP contribution in [0.2, 0.25) is 0 Å². The van der Waals surface area contributed by atoms with Gasteiger partial charge in [0.15, 0.2) is 0 Å². The van der Waals surface area contributed by atoms with Crippen LogP contribution in [0.15, 0.2) is 24.3 Å². The number of nitrogen functional groups attached to an aromatic ring is 1. The van der Waals surface area contributed by atoms with Gasteiger partial charge in [-0.05, 0) is 38.0 Å². The maximum Gasteiger partial charge on any atom is 0.258 e. The van der Waals surface area contributed by atoms with Crippen LogP contribution in [0.25, 0.3) is 0 Å². The van der Waals surface area contributed by atoms with E-state index in [-0.39, 0.29) is 5.91 Å². The average Bonchev–Trinajstić information content (AvgIpc) is 2.75. The van der Waals surface area contributed by atoms with Gasteiger partial charge in [-0.15, -0.1) is 0 Å². The summed E-state index contributed by atoms with van der Waals surface area (Å²) in [6, 6.07) is 7.30. The van der Waals surface area contributed by atoms with Crippen molar-refractivity contribution in [3.05, 3.63) is 24.3 Å². The van der Waals surface area contributed by atoms with E-state index in [1.807, 2.05) is 19.1 Å². The van der Waals surface area contributed by atoms with Crippen LogP contribution in [0.4, 0.5) is 11.4 Å². The molecule has 1 saturated heterocycles. The zero-order chi connectivity index (χ0) is 12.5. The number of amides is 1. The second-order valence-corrected chi connectivity index (χ2v) is 4.64. The van der Waals surface area contributed by atoms with Crippen LogP contribution >= 0.6 is 0 Å². The summed E-state index contributed by atoms with van der Waals surface area (Å²) < 4.78 is 5.55. The molecule has 0 bridgehead atoms. The summed E-state index contributed by atoms with van der Waals surface area (Å²) in [5.74, 6) is -0.0133. The number of ether oxygens (including phenoxy) is 1. The number of rotatable bonds is 2. The molecule has 17 heavy (non-hydrogen) atoms. The van der Waals surface area contributed by atoms with Gasteiger partial charge in [0, 0.05) is 25.0 Å². The molecule has 1 fully saturated rings. The lowest BCUT2D eigenvalue weighted by Crippen LogP contribution is -2.45. The van der Waals surface area contributed by atoms with Gasteiger partial charge in [0.05, 0.1) is 0 Å². The minimum absolute atomic E-state index is 0.0133. The molecule has 0 saturated carbocycles. The average molecular weight is 234 g/mol. The Morgan fingerprint density at radius 1 is 1.53 bits per heavy atom. The third-order valence-corrected chi connectivity index (χ3v) is 3.23. The van der Waals surface area contributed by atoms with Crippen LogP contribution in [0.1, 0.15) is 19.8 Å². The summed E-state index contributed by atoms with van der Waals surface area (Å²) in [4.78, 5) is 14.0. The molecule has 1 amide bonds. The lowest BCUT2D eigenvalue weighted by atomic mass is 10.0. The quantitative estimate of drug-likeness (QED) is 0.794. The molecule has 1 unspecified atom stereocenters. The molecule has 92 valence electrons. The third-order valence-electron chi connectivity index (χ3n) is 3.23. The van der Waals surface area contributed by atoms with Crippen molar-refractivity contribution in [3.63, 3.8) is 0 Å². The smallest absolute Gasteiger partial charge is 0.258 e. The Morgan fingerprint density at radius 2 is 2.29 bits per heavy atom. The van der Waals surface area contributed by atoms with Crippen molar-refractivity contribution < 1.29 is 9.53 Å². The van der Waals surface area contributed by atoms with E-state index in [2.05, 4.69) is 0 Å². The Labute approximate surface area is 101 Å². The maximum atomic E-state index is 12.3. The third kappa shape index (κ3) is 2.26. The van der Waals surface area contributed by atoms with Crippen LogP contribution < -0.4 is 10.6 Å². The number of carbonyl (C=O) groups excluding carboxylic acids is 1. The van der Waals surface area contributed by atoms with E-state index in [4.69, 9.17) is 10.5 Å². The summed E-state index contributed by atoms with van der Waals surface area (Å²) in [5, 5.41) is 0. The largest absolute Gasteiger partial charge is 0.399 e. The first-order valence-electron chi connectivity index (χ1n) is 5.80. The fraction of sp³-hybridized carbons (Fsp3) is 0.462. The summed E-state index contributed by atoms with van der Waals surface area (Å²) in [7, 11) is 1.75. The predicted octanol–water partition coefficient (Wildman–Crippen LogP) is 1.80. The topological polar surface area (TPSA) is 55.6 Å². The van der Waals surface area contributed by atoms with E-state index in [1.165, 1.54) is 0 Å². The van der Waals surface area contributed by atoms with Gasteiger partial charge in [-0.25, -0.2) is 0 Å². The first kappa shape index (κ1) is 11.9. The molecule has 4 heteroatoms. The zero-order valence-corrected chi connectivity index (χ0v) is 10.3. The van der Waals surface area contributed by atoms with Crippen molar-refractivity contribution in [1.82, 2.24) is 0 Å². The molecule has 1 heterocycles. The van der Waals surface area contributed by atoms with Crippen molar-refractivity contribution >= 4 is 17.3 Å². The maximum absolute atomic E-state index is 12.3. The standard InChI is InChI=1S/C13H18N2O2/c1-13(7-4-8-17-13)12(16)15(2)11-6-3-5-10(14)9-11/h3,5-6,9H,4,7-8,14H2,1-2H3. The van der Waals surface area contributed by atoms with Gasteiger partial charge in [-0.1, -0.05) is 6.07 Å². The second-order valence-electron chi connectivity index (χ2n) is 4.64. The zero-order valence-electron chi connectivity index (χ0n) is 10.3. The van der Waals surface area contributed by atoms with Crippen LogP contribution in [0.3, 0.4) is 0 Å². The number of nitrogens with zero attached hydrogens (tertiary/aromatic N) is 1. The number of carbonyl (C=O) groups is 1. The SMILES string of the molecule is CN(C(=O)C1(C)CCCO1)c1cccc(N)c1. The van der Waals surface area contributed by atoms with Crippen molar-refractivity contribution in [1.29, 1.82) is 0 Å². The Balaban J connectivity index is 2.20. The van der Waals surface area contributed by atoms with Gasteiger partial charge in [-0.3, -0.25) is 4.79 Å². The fourth-order valence-electron chi connectivity index (χ4n) is 2.15. The number of hydrogen-bond acceptors (Lipinski definition) is 3. The normalized spacial score (nSPS) is 23.6. The first-order chi connectivity index (χ1) is 8.03. The van der Waals surface area contributed by atoms with Crippen molar-refractivity contribution in [2.45, 2.75) is 25.4 Å². The molecule has 1 aromatic carbocycles. The Bertz CT molecular complexity index is 425. The van der Waals surface area contributed by atoms with Crippen LogP contribution in [0, 0.1) is 0 Å².